The molecule has 0 fully saturated rings. The first kappa shape index (κ1) is 14.7. The Morgan fingerprint density at radius 3 is 2.87 bits per heavy atom. The molecule has 2 N–H and O–H groups in total. The van der Waals surface area contributed by atoms with Crippen molar-refractivity contribution in [2.24, 2.45) is 0 Å². The summed E-state index contributed by atoms with van der Waals surface area (Å²) >= 11 is 0. The van der Waals surface area contributed by atoms with E-state index in [1.165, 1.54) is 13.0 Å². The van der Waals surface area contributed by atoms with Gasteiger partial charge < -0.3 is 14.9 Å². The van der Waals surface area contributed by atoms with Gasteiger partial charge in [-0.25, -0.2) is 0 Å². The Hall–Kier alpha value is -3.22. The molecule has 2 heterocycles. The summed E-state index contributed by atoms with van der Waals surface area (Å²) in [6, 6.07) is 8.33. The van der Waals surface area contributed by atoms with Crippen LogP contribution in [0.1, 0.15) is 12.5 Å². The molecule has 0 atom stereocenters. The van der Waals surface area contributed by atoms with Crippen LogP contribution in [0.25, 0.3) is 23.0 Å². The van der Waals surface area contributed by atoms with Gasteiger partial charge in [0.15, 0.2) is 0 Å². The smallest absolute Gasteiger partial charge is 0.262 e. The molecule has 3 rings (SSSR count). The molecule has 0 bridgehead atoms. The van der Waals surface area contributed by atoms with Crippen molar-refractivity contribution in [1.29, 1.82) is 0 Å². The van der Waals surface area contributed by atoms with Gasteiger partial charge in [-0.1, -0.05) is 11.2 Å². The summed E-state index contributed by atoms with van der Waals surface area (Å²) < 4.78 is 5.23. The summed E-state index contributed by atoms with van der Waals surface area (Å²) in [4.78, 5) is 19.6. The number of aryl methyl sites for hydroxylation is 1. The van der Waals surface area contributed by atoms with Crippen molar-refractivity contribution in [2.75, 3.05) is 5.32 Å². The van der Waals surface area contributed by atoms with Crippen LogP contribution in [0.3, 0.4) is 0 Å². The van der Waals surface area contributed by atoms with Crippen LogP contribution < -0.4 is 5.32 Å². The van der Waals surface area contributed by atoms with E-state index in [0.717, 1.165) is 5.56 Å². The van der Waals surface area contributed by atoms with Crippen LogP contribution in [0.2, 0.25) is 0 Å². The molecule has 0 radical (unpaired) electrons. The third kappa shape index (κ3) is 3.03. The van der Waals surface area contributed by atoms with E-state index in [-0.39, 0.29) is 17.5 Å². The molecule has 0 spiro atoms. The number of aromatic hydroxyl groups is 1. The van der Waals surface area contributed by atoms with Gasteiger partial charge in [0.1, 0.15) is 11.4 Å². The molecule has 23 heavy (non-hydrogen) atoms. The fourth-order valence-electron chi connectivity index (χ4n) is 2.14. The van der Waals surface area contributed by atoms with E-state index in [2.05, 4.69) is 20.4 Å². The molecule has 2 aromatic heterocycles. The van der Waals surface area contributed by atoms with E-state index in [4.69, 9.17) is 4.52 Å². The van der Waals surface area contributed by atoms with E-state index in [1.54, 1.807) is 18.3 Å². The van der Waals surface area contributed by atoms with Crippen LogP contribution in [-0.4, -0.2) is 26.1 Å². The van der Waals surface area contributed by atoms with Crippen LogP contribution in [0.15, 0.2) is 41.1 Å². The molecule has 7 heteroatoms. The molecule has 0 aliphatic carbocycles. The SMILES string of the molecule is CC(=O)Nc1ccc(O)c(-c2nc(-c3ncccc3C)no2)c1. The van der Waals surface area contributed by atoms with Gasteiger partial charge in [0, 0.05) is 18.8 Å². The summed E-state index contributed by atoms with van der Waals surface area (Å²) in [5.74, 6) is 0.251. The Kier molecular flexibility index (Phi) is 3.76. The molecule has 1 amide bonds. The number of anilines is 1. The van der Waals surface area contributed by atoms with E-state index in [1.807, 2.05) is 19.1 Å². The second-order valence-corrected chi connectivity index (χ2v) is 5.01. The number of rotatable bonds is 3. The number of phenols is 1. The zero-order valence-corrected chi connectivity index (χ0v) is 12.6. The Balaban J connectivity index is 2.00. The number of carbonyl (C=O) groups excluding carboxylic acids is 1. The highest BCUT2D eigenvalue weighted by atomic mass is 16.5. The van der Waals surface area contributed by atoms with Crippen molar-refractivity contribution < 1.29 is 14.4 Å². The first-order valence-electron chi connectivity index (χ1n) is 6.91. The normalized spacial score (nSPS) is 10.5. The number of nitrogens with zero attached hydrogens (tertiary/aromatic N) is 3. The molecule has 0 unspecified atom stereocenters. The van der Waals surface area contributed by atoms with Crippen molar-refractivity contribution >= 4 is 11.6 Å². The topological polar surface area (TPSA) is 101 Å². The highest BCUT2D eigenvalue weighted by molar-refractivity contribution is 5.89. The third-order valence-electron chi connectivity index (χ3n) is 3.19. The predicted molar refractivity (Wildman–Crippen MR) is 83.7 cm³/mol. The quantitative estimate of drug-likeness (QED) is 0.721. The molecule has 0 aliphatic rings. The zero-order chi connectivity index (χ0) is 16.4. The van der Waals surface area contributed by atoms with Crippen LogP contribution in [-0.2, 0) is 4.79 Å². The van der Waals surface area contributed by atoms with Crippen LogP contribution in [0, 0.1) is 6.92 Å². The van der Waals surface area contributed by atoms with E-state index >= 15 is 0 Å². The minimum Gasteiger partial charge on any atom is -0.507 e. The number of hydrogen-bond donors (Lipinski definition) is 2. The number of carbonyl (C=O) groups is 1. The third-order valence-corrected chi connectivity index (χ3v) is 3.19. The minimum atomic E-state index is -0.211. The lowest BCUT2D eigenvalue weighted by molar-refractivity contribution is -0.114. The minimum absolute atomic E-state index is 0.0213. The lowest BCUT2D eigenvalue weighted by Crippen LogP contribution is -2.05. The fraction of sp³-hybridized carbons (Fsp3) is 0.125. The number of benzene rings is 1. The molecule has 116 valence electrons. The Morgan fingerprint density at radius 2 is 2.13 bits per heavy atom. The number of aromatic nitrogens is 3. The molecular formula is C16H14N4O3. The first-order chi connectivity index (χ1) is 11.0. The van der Waals surface area contributed by atoms with E-state index in [0.29, 0.717) is 22.8 Å². The monoisotopic (exact) mass is 310 g/mol. The summed E-state index contributed by atoms with van der Waals surface area (Å²) in [5.41, 5.74) is 2.39. The summed E-state index contributed by atoms with van der Waals surface area (Å²) in [6.45, 7) is 3.30. The predicted octanol–water partition coefficient (Wildman–Crippen LogP) is 2.77. The van der Waals surface area contributed by atoms with Gasteiger partial charge in [0.05, 0.1) is 5.56 Å². The van der Waals surface area contributed by atoms with Gasteiger partial charge in [-0.2, -0.15) is 4.98 Å². The lowest BCUT2D eigenvalue weighted by atomic mass is 10.1. The number of phenolic OH excluding ortho intramolecular Hbond substituents is 1. The average molecular weight is 310 g/mol. The summed E-state index contributed by atoms with van der Waals surface area (Å²) in [7, 11) is 0. The van der Waals surface area contributed by atoms with Gasteiger partial charge in [-0.05, 0) is 36.8 Å². The summed E-state index contributed by atoms with van der Waals surface area (Å²) in [6.07, 6.45) is 1.65. The number of hydrogen-bond acceptors (Lipinski definition) is 6. The van der Waals surface area contributed by atoms with Crippen molar-refractivity contribution in [1.82, 2.24) is 15.1 Å². The average Bonchev–Trinajstić information content (AvgIpc) is 2.98. The summed E-state index contributed by atoms with van der Waals surface area (Å²) in [5, 5.41) is 16.5. The Labute approximate surface area is 132 Å². The molecule has 7 nitrogen and oxygen atoms in total. The number of nitrogens with one attached hydrogen (secondary N) is 1. The molecule has 0 aliphatic heterocycles. The first-order valence-corrected chi connectivity index (χ1v) is 6.91. The van der Waals surface area contributed by atoms with Crippen LogP contribution >= 0.6 is 0 Å². The number of pyridine rings is 1. The van der Waals surface area contributed by atoms with Gasteiger partial charge in [-0.3, -0.25) is 9.78 Å². The second kappa shape index (κ2) is 5.88. The maximum atomic E-state index is 11.1. The van der Waals surface area contributed by atoms with Crippen molar-refractivity contribution in [3.05, 3.63) is 42.1 Å². The molecule has 0 saturated carbocycles. The van der Waals surface area contributed by atoms with Gasteiger partial charge in [-0.15, -0.1) is 0 Å². The van der Waals surface area contributed by atoms with E-state index < -0.39 is 0 Å². The fourth-order valence-corrected chi connectivity index (χ4v) is 2.14. The zero-order valence-electron chi connectivity index (χ0n) is 12.6. The van der Waals surface area contributed by atoms with Gasteiger partial charge in [0.2, 0.25) is 11.7 Å². The molecule has 0 saturated heterocycles. The maximum absolute atomic E-state index is 11.1. The standard InChI is InChI=1S/C16H14N4O3/c1-9-4-3-7-17-14(9)15-19-16(23-20-15)12-8-11(18-10(2)21)5-6-13(12)22/h3-8,22H,1-2H3,(H,18,21). The van der Waals surface area contributed by atoms with Crippen molar-refractivity contribution in [3.63, 3.8) is 0 Å². The highest BCUT2D eigenvalue weighted by Gasteiger charge is 2.16. The Morgan fingerprint density at radius 1 is 1.30 bits per heavy atom. The van der Waals surface area contributed by atoms with Gasteiger partial charge >= 0.3 is 0 Å². The highest BCUT2D eigenvalue weighted by Crippen LogP contribution is 2.32. The Bertz CT molecular complexity index is 873. The van der Waals surface area contributed by atoms with Gasteiger partial charge in [0.25, 0.3) is 5.89 Å². The molecule has 3 aromatic rings. The lowest BCUT2D eigenvalue weighted by Gasteiger charge is -2.05. The number of amides is 1. The molecule has 1 aromatic carbocycles. The van der Waals surface area contributed by atoms with E-state index in [9.17, 15) is 9.90 Å². The van der Waals surface area contributed by atoms with Crippen molar-refractivity contribution in [2.45, 2.75) is 13.8 Å². The molecular weight excluding hydrogens is 296 g/mol. The van der Waals surface area contributed by atoms with Crippen LogP contribution in [0.4, 0.5) is 5.69 Å². The second-order valence-electron chi connectivity index (χ2n) is 5.01. The largest absolute Gasteiger partial charge is 0.507 e. The van der Waals surface area contributed by atoms with Crippen LogP contribution in [0.5, 0.6) is 5.75 Å². The van der Waals surface area contributed by atoms with Crippen molar-refractivity contribution in [3.8, 4) is 28.7 Å². The maximum Gasteiger partial charge on any atom is 0.262 e.